The standard InChI is InChI=1S/C14H22N2O2/c1-17-13-4-2-3-5-14(13)18-10-12(8-15)11-6-7-16-9-11/h2-5,11-12,16H,6-10,15H2,1H3. The van der Waals surface area contributed by atoms with Gasteiger partial charge in [-0.25, -0.2) is 0 Å². The number of hydrogen-bond acceptors (Lipinski definition) is 4. The van der Waals surface area contributed by atoms with Gasteiger partial charge in [0.15, 0.2) is 11.5 Å². The smallest absolute Gasteiger partial charge is 0.161 e. The van der Waals surface area contributed by atoms with Crippen molar-refractivity contribution in [2.24, 2.45) is 17.6 Å². The Hall–Kier alpha value is -1.26. The minimum absolute atomic E-state index is 0.407. The zero-order chi connectivity index (χ0) is 12.8. The molecule has 3 N–H and O–H groups in total. The number of hydrogen-bond donors (Lipinski definition) is 2. The van der Waals surface area contributed by atoms with Crippen LogP contribution in [0.15, 0.2) is 24.3 Å². The average molecular weight is 250 g/mol. The summed E-state index contributed by atoms with van der Waals surface area (Å²) in [5, 5.41) is 3.37. The first-order valence-electron chi connectivity index (χ1n) is 6.51. The van der Waals surface area contributed by atoms with E-state index in [1.807, 2.05) is 24.3 Å². The molecule has 4 nitrogen and oxygen atoms in total. The Labute approximate surface area is 108 Å². The summed E-state index contributed by atoms with van der Waals surface area (Å²) in [5.74, 6) is 2.61. The molecule has 1 heterocycles. The summed E-state index contributed by atoms with van der Waals surface area (Å²) >= 11 is 0. The SMILES string of the molecule is COc1ccccc1OCC(CN)C1CCNC1. The van der Waals surface area contributed by atoms with Crippen LogP contribution in [0.5, 0.6) is 11.5 Å². The number of methoxy groups -OCH3 is 1. The molecule has 0 saturated carbocycles. The van der Waals surface area contributed by atoms with Crippen molar-refractivity contribution in [3.8, 4) is 11.5 Å². The molecule has 1 aliphatic rings. The Balaban J connectivity index is 1.92. The zero-order valence-corrected chi connectivity index (χ0v) is 10.9. The van der Waals surface area contributed by atoms with E-state index in [2.05, 4.69) is 5.32 Å². The van der Waals surface area contributed by atoms with Crippen molar-refractivity contribution >= 4 is 0 Å². The molecule has 0 spiro atoms. The highest BCUT2D eigenvalue weighted by atomic mass is 16.5. The van der Waals surface area contributed by atoms with Crippen molar-refractivity contribution in [1.29, 1.82) is 0 Å². The van der Waals surface area contributed by atoms with Gasteiger partial charge in [0.2, 0.25) is 0 Å². The van der Waals surface area contributed by atoms with E-state index in [-0.39, 0.29) is 0 Å². The second kappa shape index (κ2) is 6.61. The van der Waals surface area contributed by atoms with E-state index in [4.69, 9.17) is 15.2 Å². The summed E-state index contributed by atoms with van der Waals surface area (Å²) in [6, 6.07) is 7.72. The van der Waals surface area contributed by atoms with Gasteiger partial charge in [-0.3, -0.25) is 0 Å². The average Bonchev–Trinajstić information content (AvgIpc) is 2.94. The third-order valence-electron chi connectivity index (χ3n) is 3.59. The summed E-state index contributed by atoms with van der Waals surface area (Å²) in [5.41, 5.74) is 5.85. The van der Waals surface area contributed by atoms with Crippen LogP contribution in [0.2, 0.25) is 0 Å². The molecule has 0 radical (unpaired) electrons. The predicted octanol–water partition coefficient (Wildman–Crippen LogP) is 1.26. The molecule has 1 saturated heterocycles. The van der Waals surface area contributed by atoms with Crippen LogP contribution in [0, 0.1) is 11.8 Å². The molecular weight excluding hydrogens is 228 g/mol. The summed E-state index contributed by atoms with van der Waals surface area (Å²) in [6.07, 6.45) is 1.19. The lowest BCUT2D eigenvalue weighted by atomic mass is 9.92. The first kappa shape index (κ1) is 13.2. The first-order chi connectivity index (χ1) is 8.85. The fourth-order valence-electron chi connectivity index (χ4n) is 2.41. The van der Waals surface area contributed by atoms with Gasteiger partial charge < -0.3 is 20.5 Å². The van der Waals surface area contributed by atoms with E-state index in [1.165, 1.54) is 6.42 Å². The van der Waals surface area contributed by atoms with Crippen molar-refractivity contribution in [1.82, 2.24) is 5.32 Å². The molecule has 0 bridgehead atoms. The molecule has 1 aromatic rings. The molecule has 4 heteroatoms. The number of ether oxygens (including phenoxy) is 2. The molecule has 2 atom stereocenters. The molecule has 0 amide bonds. The fourth-order valence-corrected chi connectivity index (χ4v) is 2.41. The van der Waals surface area contributed by atoms with Gasteiger partial charge in [0, 0.05) is 5.92 Å². The maximum atomic E-state index is 5.86. The van der Waals surface area contributed by atoms with Crippen molar-refractivity contribution in [3.05, 3.63) is 24.3 Å². The molecule has 0 aromatic heterocycles. The van der Waals surface area contributed by atoms with Crippen molar-refractivity contribution in [2.45, 2.75) is 6.42 Å². The summed E-state index contributed by atoms with van der Waals surface area (Å²) in [4.78, 5) is 0. The Morgan fingerprint density at radius 2 is 2.17 bits per heavy atom. The van der Waals surface area contributed by atoms with E-state index in [0.717, 1.165) is 24.6 Å². The third kappa shape index (κ3) is 3.15. The summed E-state index contributed by atoms with van der Waals surface area (Å²) < 4.78 is 11.1. The lowest BCUT2D eigenvalue weighted by Gasteiger charge is -2.22. The second-order valence-corrected chi connectivity index (χ2v) is 4.71. The van der Waals surface area contributed by atoms with Crippen LogP contribution in [0.4, 0.5) is 0 Å². The van der Waals surface area contributed by atoms with Gasteiger partial charge in [0.25, 0.3) is 0 Å². The van der Waals surface area contributed by atoms with Gasteiger partial charge in [-0.15, -0.1) is 0 Å². The number of nitrogens with one attached hydrogen (secondary N) is 1. The molecule has 2 rings (SSSR count). The van der Waals surface area contributed by atoms with Crippen LogP contribution < -0.4 is 20.5 Å². The first-order valence-corrected chi connectivity index (χ1v) is 6.51. The second-order valence-electron chi connectivity index (χ2n) is 4.71. The van der Waals surface area contributed by atoms with E-state index < -0.39 is 0 Å². The van der Waals surface area contributed by atoms with Crippen LogP contribution in [0.3, 0.4) is 0 Å². The van der Waals surface area contributed by atoms with Gasteiger partial charge >= 0.3 is 0 Å². The van der Waals surface area contributed by atoms with Gasteiger partial charge in [0.05, 0.1) is 13.7 Å². The van der Waals surface area contributed by atoms with E-state index in [9.17, 15) is 0 Å². The van der Waals surface area contributed by atoms with Crippen molar-refractivity contribution in [2.75, 3.05) is 33.4 Å². The number of nitrogens with two attached hydrogens (primary N) is 1. The van der Waals surface area contributed by atoms with Crippen molar-refractivity contribution in [3.63, 3.8) is 0 Å². The van der Waals surface area contributed by atoms with Crippen LogP contribution in [-0.4, -0.2) is 33.4 Å². The molecule has 1 aliphatic heterocycles. The van der Waals surface area contributed by atoms with Gasteiger partial charge in [-0.2, -0.15) is 0 Å². The van der Waals surface area contributed by atoms with Gasteiger partial charge in [-0.05, 0) is 44.1 Å². The topological polar surface area (TPSA) is 56.5 Å². The highest BCUT2D eigenvalue weighted by molar-refractivity contribution is 5.39. The van der Waals surface area contributed by atoms with Crippen molar-refractivity contribution < 1.29 is 9.47 Å². The number of rotatable bonds is 6. The number of benzene rings is 1. The lowest BCUT2D eigenvalue weighted by Crippen LogP contribution is -2.30. The zero-order valence-electron chi connectivity index (χ0n) is 10.9. The Kier molecular flexibility index (Phi) is 4.84. The fraction of sp³-hybridized carbons (Fsp3) is 0.571. The molecule has 100 valence electrons. The maximum absolute atomic E-state index is 5.86. The minimum atomic E-state index is 0.407. The number of para-hydroxylation sites is 2. The normalized spacial score (nSPS) is 20.7. The van der Waals surface area contributed by atoms with Crippen LogP contribution in [0.25, 0.3) is 0 Å². The Morgan fingerprint density at radius 1 is 1.39 bits per heavy atom. The Morgan fingerprint density at radius 3 is 2.78 bits per heavy atom. The highest BCUT2D eigenvalue weighted by Crippen LogP contribution is 2.27. The molecular formula is C14H22N2O2. The van der Waals surface area contributed by atoms with E-state index >= 15 is 0 Å². The minimum Gasteiger partial charge on any atom is -0.493 e. The summed E-state index contributed by atoms with van der Waals surface area (Å²) in [7, 11) is 1.66. The molecule has 2 unspecified atom stereocenters. The van der Waals surface area contributed by atoms with Crippen LogP contribution in [-0.2, 0) is 0 Å². The van der Waals surface area contributed by atoms with Crippen LogP contribution in [0.1, 0.15) is 6.42 Å². The molecule has 0 aliphatic carbocycles. The third-order valence-corrected chi connectivity index (χ3v) is 3.59. The molecule has 1 fully saturated rings. The monoisotopic (exact) mass is 250 g/mol. The highest BCUT2D eigenvalue weighted by Gasteiger charge is 2.24. The van der Waals surface area contributed by atoms with E-state index in [0.29, 0.717) is 25.0 Å². The largest absolute Gasteiger partial charge is 0.493 e. The Bertz CT molecular complexity index is 365. The van der Waals surface area contributed by atoms with Gasteiger partial charge in [-0.1, -0.05) is 12.1 Å². The lowest BCUT2D eigenvalue weighted by molar-refractivity contribution is 0.200. The molecule has 1 aromatic carbocycles. The van der Waals surface area contributed by atoms with Gasteiger partial charge in [0.1, 0.15) is 0 Å². The maximum Gasteiger partial charge on any atom is 0.161 e. The van der Waals surface area contributed by atoms with Crippen LogP contribution >= 0.6 is 0 Å². The molecule has 18 heavy (non-hydrogen) atoms. The summed E-state index contributed by atoms with van der Waals surface area (Å²) in [6.45, 7) is 3.47. The predicted molar refractivity (Wildman–Crippen MR) is 72.0 cm³/mol. The quantitative estimate of drug-likeness (QED) is 0.798. The van der Waals surface area contributed by atoms with E-state index in [1.54, 1.807) is 7.11 Å².